The molecule has 1 aromatic rings. The van der Waals surface area contributed by atoms with Crippen molar-refractivity contribution in [3.63, 3.8) is 0 Å². The Morgan fingerprint density at radius 2 is 2.17 bits per heavy atom. The molecule has 2 saturated heterocycles. The summed E-state index contributed by atoms with van der Waals surface area (Å²) in [4.78, 5) is 14.3. The highest BCUT2D eigenvalue weighted by Crippen LogP contribution is 2.37. The maximum absolute atomic E-state index is 12.3. The molecule has 0 atom stereocenters. The minimum Gasteiger partial charge on any atom is -0.469 e. The number of aryl methyl sites for hydroxylation is 1. The lowest BCUT2D eigenvalue weighted by atomic mass is 9.78. The Kier molecular flexibility index (Phi) is 2.90. The van der Waals surface area contributed by atoms with Gasteiger partial charge in [0.2, 0.25) is 0 Å². The van der Waals surface area contributed by atoms with Crippen molar-refractivity contribution in [2.24, 2.45) is 5.41 Å². The van der Waals surface area contributed by atoms with Crippen molar-refractivity contribution in [1.29, 1.82) is 0 Å². The third kappa shape index (κ3) is 1.94. The quantitative estimate of drug-likeness (QED) is 0.824. The van der Waals surface area contributed by atoms with E-state index in [0.29, 0.717) is 5.41 Å². The van der Waals surface area contributed by atoms with Gasteiger partial charge in [-0.3, -0.25) is 4.79 Å². The molecule has 0 aliphatic carbocycles. The lowest BCUT2D eigenvalue weighted by Gasteiger charge is -2.38. The second-order valence-corrected chi connectivity index (χ2v) is 5.61. The lowest BCUT2D eigenvalue weighted by Crippen LogP contribution is -2.44. The van der Waals surface area contributed by atoms with E-state index in [0.717, 1.165) is 50.3 Å². The van der Waals surface area contributed by atoms with E-state index in [9.17, 15) is 4.79 Å². The first-order chi connectivity index (χ1) is 8.70. The summed E-state index contributed by atoms with van der Waals surface area (Å²) in [5.41, 5.74) is 1.18. The molecule has 0 bridgehead atoms. The van der Waals surface area contributed by atoms with Crippen molar-refractivity contribution < 1.29 is 9.21 Å². The van der Waals surface area contributed by atoms with Crippen LogP contribution in [0.1, 0.15) is 35.4 Å². The van der Waals surface area contributed by atoms with Crippen LogP contribution in [0, 0.1) is 12.3 Å². The van der Waals surface area contributed by atoms with Crippen LogP contribution >= 0.6 is 0 Å². The summed E-state index contributed by atoms with van der Waals surface area (Å²) in [5, 5.41) is 3.45. The first-order valence-corrected chi connectivity index (χ1v) is 6.74. The summed E-state index contributed by atoms with van der Waals surface area (Å²) in [6, 6.07) is 1.78. The molecule has 2 aliphatic heterocycles. The van der Waals surface area contributed by atoms with Gasteiger partial charge in [0.25, 0.3) is 5.91 Å². The molecule has 4 nitrogen and oxygen atoms in total. The van der Waals surface area contributed by atoms with Crippen LogP contribution in [0.15, 0.2) is 16.7 Å². The number of hydrogen-bond acceptors (Lipinski definition) is 3. The van der Waals surface area contributed by atoms with Crippen LogP contribution in [0.2, 0.25) is 0 Å². The summed E-state index contributed by atoms with van der Waals surface area (Å²) in [6.07, 6.45) is 5.11. The summed E-state index contributed by atoms with van der Waals surface area (Å²) in [6.45, 7) is 5.87. The fourth-order valence-electron chi connectivity index (χ4n) is 3.18. The first-order valence-electron chi connectivity index (χ1n) is 6.74. The molecule has 0 unspecified atom stereocenters. The number of carbonyl (C=O) groups excluding carboxylic acids is 1. The smallest absolute Gasteiger partial charge is 0.257 e. The fraction of sp³-hybridized carbons (Fsp3) is 0.643. The normalized spacial score (nSPS) is 22.6. The van der Waals surface area contributed by atoms with E-state index in [1.165, 1.54) is 6.42 Å². The van der Waals surface area contributed by atoms with E-state index in [1.54, 1.807) is 12.3 Å². The van der Waals surface area contributed by atoms with Gasteiger partial charge in [-0.05, 0) is 44.2 Å². The Balaban J connectivity index is 1.66. The zero-order valence-electron chi connectivity index (χ0n) is 10.9. The lowest BCUT2D eigenvalue weighted by molar-refractivity contribution is 0.0606. The number of piperidine rings is 1. The Hall–Kier alpha value is -1.29. The van der Waals surface area contributed by atoms with E-state index in [1.807, 2.05) is 11.8 Å². The van der Waals surface area contributed by atoms with Gasteiger partial charge in [-0.2, -0.15) is 0 Å². The molecule has 1 amide bonds. The molecule has 1 spiro atoms. The van der Waals surface area contributed by atoms with Crippen molar-refractivity contribution >= 4 is 5.91 Å². The number of rotatable bonds is 1. The number of likely N-dealkylation sites (tertiary alicyclic amines) is 1. The molecule has 4 heteroatoms. The zero-order valence-corrected chi connectivity index (χ0v) is 10.9. The number of nitrogens with zero attached hydrogens (tertiary/aromatic N) is 1. The molecule has 98 valence electrons. The minimum atomic E-state index is 0.127. The highest BCUT2D eigenvalue weighted by molar-refractivity contribution is 5.95. The molecule has 0 saturated carbocycles. The van der Waals surface area contributed by atoms with Crippen LogP contribution < -0.4 is 5.32 Å². The molecule has 1 aromatic heterocycles. The molecule has 0 radical (unpaired) electrons. The van der Waals surface area contributed by atoms with Crippen LogP contribution in [-0.2, 0) is 0 Å². The Morgan fingerprint density at radius 1 is 1.39 bits per heavy atom. The van der Waals surface area contributed by atoms with Crippen molar-refractivity contribution in [2.75, 3.05) is 26.2 Å². The van der Waals surface area contributed by atoms with Crippen LogP contribution in [0.5, 0.6) is 0 Å². The number of furan rings is 1. The Bertz CT molecular complexity index is 436. The average Bonchev–Trinajstić information content (AvgIpc) is 2.99. The first kappa shape index (κ1) is 11.8. The molecular weight excluding hydrogens is 228 g/mol. The van der Waals surface area contributed by atoms with Gasteiger partial charge in [-0.1, -0.05) is 0 Å². The van der Waals surface area contributed by atoms with Gasteiger partial charge < -0.3 is 14.6 Å². The molecule has 0 aromatic carbocycles. The average molecular weight is 248 g/mol. The second-order valence-electron chi connectivity index (χ2n) is 5.61. The second kappa shape index (κ2) is 4.43. The maximum Gasteiger partial charge on any atom is 0.257 e. The number of hydrogen-bond donors (Lipinski definition) is 1. The number of amides is 1. The highest BCUT2D eigenvalue weighted by Gasteiger charge is 2.38. The molecular formula is C14H20N2O2. The topological polar surface area (TPSA) is 45.5 Å². The van der Waals surface area contributed by atoms with Gasteiger partial charge in [-0.25, -0.2) is 0 Å². The Morgan fingerprint density at radius 3 is 2.72 bits per heavy atom. The molecule has 3 heterocycles. The minimum absolute atomic E-state index is 0.127. The van der Waals surface area contributed by atoms with Gasteiger partial charge >= 0.3 is 0 Å². The molecule has 18 heavy (non-hydrogen) atoms. The number of carbonyl (C=O) groups is 1. The molecule has 2 aliphatic rings. The standard InChI is InChI=1S/C14H20N2O2/c1-11-12(2-9-18-11)13(17)16-7-4-14(5-8-16)3-6-15-10-14/h2,9,15H,3-8,10H2,1H3. The molecule has 3 rings (SSSR count). The number of nitrogens with one attached hydrogen (secondary N) is 1. The van der Waals surface area contributed by atoms with Gasteiger partial charge in [0.15, 0.2) is 0 Å². The van der Waals surface area contributed by atoms with E-state index >= 15 is 0 Å². The van der Waals surface area contributed by atoms with Gasteiger partial charge in [0, 0.05) is 19.6 Å². The van der Waals surface area contributed by atoms with E-state index in [4.69, 9.17) is 4.42 Å². The SMILES string of the molecule is Cc1occc1C(=O)N1CCC2(CCNC2)CC1. The van der Waals surface area contributed by atoms with Crippen molar-refractivity contribution in [3.8, 4) is 0 Å². The van der Waals surface area contributed by atoms with Gasteiger partial charge in [0.1, 0.15) is 5.76 Å². The largest absolute Gasteiger partial charge is 0.469 e. The predicted molar refractivity (Wildman–Crippen MR) is 68.5 cm³/mol. The van der Waals surface area contributed by atoms with E-state index < -0.39 is 0 Å². The fourth-order valence-corrected chi connectivity index (χ4v) is 3.18. The van der Waals surface area contributed by atoms with Crippen LogP contribution in [-0.4, -0.2) is 37.0 Å². The summed E-state index contributed by atoms with van der Waals surface area (Å²) < 4.78 is 5.21. The third-order valence-corrected chi connectivity index (χ3v) is 4.53. The van der Waals surface area contributed by atoms with Crippen molar-refractivity contribution in [1.82, 2.24) is 10.2 Å². The van der Waals surface area contributed by atoms with Gasteiger partial charge in [0.05, 0.1) is 11.8 Å². The summed E-state index contributed by atoms with van der Waals surface area (Å²) >= 11 is 0. The molecule has 2 fully saturated rings. The monoisotopic (exact) mass is 248 g/mol. The van der Waals surface area contributed by atoms with Crippen LogP contribution in [0.3, 0.4) is 0 Å². The van der Waals surface area contributed by atoms with E-state index in [2.05, 4.69) is 5.32 Å². The van der Waals surface area contributed by atoms with E-state index in [-0.39, 0.29) is 5.91 Å². The van der Waals surface area contributed by atoms with Gasteiger partial charge in [-0.15, -0.1) is 0 Å². The highest BCUT2D eigenvalue weighted by atomic mass is 16.3. The third-order valence-electron chi connectivity index (χ3n) is 4.53. The van der Waals surface area contributed by atoms with Crippen LogP contribution in [0.4, 0.5) is 0 Å². The van der Waals surface area contributed by atoms with Crippen molar-refractivity contribution in [2.45, 2.75) is 26.2 Å². The zero-order chi connectivity index (χ0) is 12.6. The summed E-state index contributed by atoms with van der Waals surface area (Å²) in [5.74, 6) is 0.852. The molecule has 1 N–H and O–H groups in total. The maximum atomic E-state index is 12.3. The summed E-state index contributed by atoms with van der Waals surface area (Å²) in [7, 11) is 0. The van der Waals surface area contributed by atoms with Crippen LogP contribution in [0.25, 0.3) is 0 Å². The Labute approximate surface area is 107 Å². The van der Waals surface area contributed by atoms with Crippen molar-refractivity contribution in [3.05, 3.63) is 23.7 Å². The predicted octanol–water partition coefficient (Wildman–Crippen LogP) is 1.80.